The molecule has 19 heavy (non-hydrogen) atoms. The zero-order valence-electron chi connectivity index (χ0n) is 11.8. The highest BCUT2D eigenvalue weighted by molar-refractivity contribution is 5.80. The summed E-state index contributed by atoms with van der Waals surface area (Å²) in [4.78, 5) is 25.5. The lowest BCUT2D eigenvalue weighted by Gasteiger charge is -2.31. The summed E-state index contributed by atoms with van der Waals surface area (Å²) in [6, 6.07) is 0.535. The molecule has 0 unspecified atom stereocenters. The number of nitrogens with zero attached hydrogens (tertiary/aromatic N) is 1. The summed E-state index contributed by atoms with van der Waals surface area (Å²) in [5.74, 6) is 0.371. The topological polar surface area (TPSA) is 61.4 Å². The minimum Gasteiger partial charge on any atom is -0.359 e. The molecule has 1 saturated carbocycles. The number of piperidine rings is 1. The Morgan fingerprint density at radius 2 is 1.74 bits per heavy atom. The molecule has 1 heterocycles. The molecule has 2 aliphatic rings. The van der Waals surface area contributed by atoms with Crippen molar-refractivity contribution in [2.75, 3.05) is 26.7 Å². The highest BCUT2D eigenvalue weighted by Crippen LogP contribution is 2.19. The van der Waals surface area contributed by atoms with Crippen molar-refractivity contribution in [2.45, 2.75) is 44.6 Å². The van der Waals surface area contributed by atoms with Gasteiger partial charge in [0.2, 0.25) is 11.8 Å². The molecule has 0 spiro atoms. The molecule has 0 radical (unpaired) electrons. The van der Waals surface area contributed by atoms with Gasteiger partial charge in [-0.05, 0) is 25.7 Å². The van der Waals surface area contributed by atoms with E-state index >= 15 is 0 Å². The number of likely N-dealkylation sites (tertiary alicyclic amines) is 1. The second kappa shape index (κ2) is 6.89. The predicted molar refractivity (Wildman–Crippen MR) is 73.6 cm³/mol. The molecule has 108 valence electrons. The number of rotatable bonds is 4. The maximum atomic E-state index is 12.1. The monoisotopic (exact) mass is 267 g/mol. The van der Waals surface area contributed by atoms with Gasteiger partial charge in [0.25, 0.3) is 0 Å². The summed E-state index contributed by atoms with van der Waals surface area (Å²) in [5.41, 5.74) is 0. The fraction of sp³-hybridized carbons (Fsp3) is 0.857. The fourth-order valence-electron chi connectivity index (χ4n) is 3.07. The minimum absolute atomic E-state index is 0.0804. The predicted octanol–water partition coefficient (Wildman–Crippen LogP) is 0.503. The van der Waals surface area contributed by atoms with Gasteiger partial charge in [0.15, 0.2) is 0 Å². The molecule has 1 aliphatic carbocycles. The molecular weight excluding hydrogens is 242 g/mol. The number of hydrogen-bond acceptors (Lipinski definition) is 3. The first-order valence-corrected chi connectivity index (χ1v) is 7.43. The standard InChI is InChI=1S/C14H25N3O2/c1-15-14(19)11-6-8-17(9-7-11)13(18)10-16-12-4-2-3-5-12/h11-12,16H,2-10H2,1H3,(H,15,19). The third kappa shape index (κ3) is 3.93. The molecule has 0 atom stereocenters. The van der Waals surface area contributed by atoms with Gasteiger partial charge in [0.05, 0.1) is 6.54 Å². The lowest BCUT2D eigenvalue weighted by Crippen LogP contribution is -2.46. The van der Waals surface area contributed by atoms with Crippen molar-refractivity contribution in [3.8, 4) is 0 Å². The Labute approximate surface area is 115 Å². The van der Waals surface area contributed by atoms with Crippen LogP contribution in [-0.2, 0) is 9.59 Å². The SMILES string of the molecule is CNC(=O)C1CCN(C(=O)CNC2CCCC2)CC1. The van der Waals surface area contributed by atoms with Crippen LogP contribution < -0.4 is 10.6 Å². The molecule has 1 saturated heterocycles. The van der Waals surface area contributed by atoms with Crippen molar-refractivity contribution in [1.29, 1.82) is 0 Å². The van der Waals surface area contributed by atoms with Crippen LogP contribution in [0.2, 0.25) is 0 Å². The number of nitrogens with one attached hydrogen (secondary N) is 2. The normalized spacial score (nSPS) is 21.6. The van der Waals surface area contributed by atoms with E-state index in [2.05, 4.69) is 10.6 Å². The van der Waals surface area contributed by atoms with E-state index in [9.17, 15) is 9.59 Å². The van der Waals surface area contributed by atoms with Crippen LogP contribution in [0.1, 0.15) is 38.5 Å². The summed E-state index contributed by atoms with van der Waals surface area (Å²) in [7, 11) is 1.67. The van der Waals surface area contributed by atoms with Crippen LogP contribution in [0.5, 0.6) is 0 Å². The van der Waals surface area contributed by atoms with Crippen molar-refractivity contribution < 1.29 is 9.59 Å². The molecule has 0 aromatic heterocycles. The van der Waals surface area contributed by atoms with E-state index in [4.69, 9.17) is 0 Å². The Morgan fingerprint density at radius 1 is 1.11 bits per heavy atom. The van der Waals surface area contributed by atoms with Crippen LogP contribution in [0.15, 0.2) is 0 Å². The number of carbonyl (C=O) groups excluding carboxylic acids is 2. The van der Waals surface area contributed by atoms with Gasteiger partial charge in [-0.3, -0.25) is 9.59 Å². The summed E-state index contributed by atoms with van der Waals surface area (Å²) >= 11 is 0. The van der Waals surface area contributed by atoms with E-state index in [1.54, 1.807) is 7.05 Å². The maximum Gasteiger partial charge on any atom is 0.236 e. The Bertz CT molecular complexity index is 319. The van der Waals surface area contributed by atoms with Crippen LogP contribution in [0.3, 0.4) is 0 Å². The van der Waals surface area contributed by atoms with Crippen molar-refractivity contribution in [3.63, 3.8) is 0 Å². The van der Waals surface area contributed by atoms with Gasteiger partial charge in [0, 0.05) is 32.1 Å². The molecular formula is C14H25N3O2. The molecule has 5 nitrogen and oxygen atoms in total. The van der Waals surface area contributed by atoms with Gasteiger partial charge in [-0.2, -0.15) is 0 Å². The van der Waals surface area contributed by atoms with Gasteiger partial charge in [-0.15, -0.1) is 0 Å². The van der Waals surface area contributed by atoms with Gasteiger partial charge in [-0.1, -0.05) is 12.8 Å². The van der Waals surface area contributed by atoms with Crippen LogP contribution in [0.25, 0.3) is 0 Å². The second-order valence-corrected chi connectivity index (χ2v) is 5.63. The lowest BCUT2D eigenvalue weighted by molar-refractivity contribution is -0.134. The van der Waals surface area contributed by atoms with Crippen molar-refractivity contribution in [3.05, 3.63) is 0 Å². The maximum absolute atomic E-state index is 12.1. The van der Waals surface area contributed by atoms with Crippen LogP contribution >= 0.6 is 0 Å². The van der Waals surface area contributed by atoms with Crippen molar-refractivity contribution in [1.82, 2.24) is 15.5 Å². The summed E-state index contributed by atoms with van der Waals surface area (Å²) < 4.78 is 0. The summed E-state index contributed by atoms with van der Waals surface area (Å²) in [6.07, 6.45) is 6.54. The highest BCUT2D eigenvalue weighted by atomic mass is 16.2. The molecule has 2 fully saturated rings. The number of carbonyl (C=O) groups is 2. The van der Waals surface area contributed by atoms with Gasteiger partial charge in [0.1, 0.15) is 0 Å². The van der Waals surface area contributed by atoms with E-state index in [-0.39, 0.29) is 17.7 Å². The molecule has 0 aromatic carbocycles. The van der Waals surface area contributed by atoms with Crippen LogP contribution in [-0.4, -0.2) is 49.4 Å². The molecule has 1 aliphatic heterocycles. The average molecular weight is 267 g/mol. The van der Waals surface area contributed by atoms with Gasteiger partial charge < -0.3 is 15.5 Å². The molecule has 2 rings (SSSR count). The summed E-state index contributed by atoms with van der Waals surface area (Å²) in [6.45, 7) is 1.88. The smallest absolute Gasteiger partial charge is 0.236 e. The minimum atomic E-state index is 0.0804. The van der Waals surface area contributed by atoms with Crippen molar-refractivity contribution in [2.24, 2.45) is 5.92 Å². The number of hydrogen-bond donors (Lipinski definition) is 2. The van der Waals surface area contributed by atoms with Crippen molar-refractivity contribution >= 4 is 11.8 Å². The first kappa shape index (κ1) is 14.3. The second-order valence-electron chi connectivity index (χ2n) is 5.63. The van der Waals surface area contributed by atoms with Gasteiger partial charge in [-0.25, -0.2) is 0 Å². The Kier molecular flexibility index (Phi) is 5.19. The number of amides is 2. The lowest BCUT2D eigenvalue weighted by atomic mass is 9.96. The zero-order chi connectivity index (χ0) is 13.7. The third-order valence-corrected chi connectivity index (χ3v) is 4.36. The van der Waals surface area contributed by atoms with E-state index in [0.717, 1.165) is 12.8 Å². The molecule has 2 amide bonds. The molecule has 0 aromatic rings. The summed E-state index contributed by atoms with van der Waals surface area (Å²) in [5, 5.41) is 6.04. The van der Waals surface area contributed by atoms with Crippen LogP contribution in [0.4, 0.5) is 0 Å². The van der Waals surface area contributed by atoms with E-state index in [0.29, 0.717) is 25.7 Å². The quantitative estimate of drug-likeness (QED) is 0.780. The third-order valence-electron chi connectivity index (χ3n) is 4.36. The van der Waals surface area contributed by atoms with E-state index < -0.39 is 0 Å². The van der Waals surface area contributed by atoms with Gasteiger partial charge >= 0.3 is 0 Å². The largest absolute Gasteiger partial charge is 0.359 e. The molecule has 5 heteroatoms. The first-order chi connectivity index (χ1) is 9.20. The zero-order valence-corrected chi connectivity index (χ0v) is 11.8. The molecule has 2 N–H and O–H groups in total. The molecule has 0 bridgehead atoms. The fourth-order valence-corrected chi connectivity index (χ4v) is 3.07. The van der Waals surface area contributed by atoms with E-state index in [1.807, 2.05) is 4.90 Å². The Morgan fingerprint density at radius 3 is 2.32 bits per heavy atom. The van der Waals surface area contributed by atoms with Crippen LogP contribution in [0, 0.1) is 5.92 Å². The first-order valence-electron chi connectivity index (χ1n) is 7.43. The Balaban J connectivity index is 1.68. The average Bonchev–Trinajstić information content (AvgIpc) is 2.97. The Hall–Kier alpha value is -1.10. The van der Waals surface area contributed by atoms with E-state index in [1.165, 1.54) is 25.7 Å². The highest BCUT2D eigenvalue weighted by Gasteiger charge is 2.26.